The highest BCUT2D eigenvalue weighted by atomic mass is 31.2. The summed E-state index contributed by atoms with van der Waals surface area (Å²) in [4.78, 5) is 0. The van der Waals surface area contributed by atoms with Gasteiger partial charge in [-0.2, -0.15) is 0 Å². The van der Waals surface area contributed by atoms with Crippen LogP contribution >= 0.6 is 7.26 Å². The SMILES string of the molecule is CCCCCC(CC)[P+]1(C)CCCCC1. The lowest BCUT2D eigenvalue weighted by Crippen LogP contribution is -2.21. The first-order valence-corrected chi connectivity index (χ1v) is 9.74. The summed E-state index contributed by atoms with van der Waals surface area (Å²) in [5.74, 6) is 0. The van der Waals surface area contributed by atoms with Gasteiger partial charge in [0.25, 0.3) is 0 Å². The van der Waals surface area contributed by atoms with Gasteiger partial charge in [0.2, 0.25) is 0 Å². The van der Waals surface area contributed by atoms with E-state index in [0.717, 1.165) is 5.66 Å². The number of unbranched alkanes of at least 4 members (excludes halogenated alkanes) is 2. The highest BCUT2D eigenvalue weighted by Gasteiger charge is 2.40. The smallest absolute Gasteiger partial charge is 0.0654 e. The molecule has 0 spiro atoms. The Labute approximate surface area is 97.6 Å². The van der Waals surface area contributed by atoms with Crippen LogP contribution in [0.1, 0.15) is 65.2 Å². The molecule has 1 heterocycles. The Hall–Kier alpha value is 0.430. The minimum absolute atomic E-state index is 0.514. The van der Waals surface area contributed by atoms with E-state index in [-0.39, 0.29) is 0 Å². The maximum Gasteiger partial charge on any atom is 0.0692 e. The largest absolute Gasteiger partial charge is 0.0692 e. The van der Waals surface area contributed by atoms with Gasteiger partial charge in [-0.15, -0.1) is 0 Å². The summed E-state index contributed by atoms with van der Waals surface area (Å²) in [6.07, 6.45) is 15.1. The molecule has 1 rings (SSSR count). The predicted molar refractivity (Wildman–Crippen MR) is 74.7 cm³/mol. The third kappa shape index (κ3) is 4.06. The van der Waals surface area contributed by atoms with Gasteiger partial charge in [-0.1, -0.05) is 26.7 Å². The minimum Gasteiger partial charge on any atom is -0.0654 e. The van der Waals surface area contributed by atoms with Crippen molar-refractivity contribution >= 4 is 7.26 Å². The summed E-state index contributed by atoms with van der Waals surface area (Å²) in [6, 6.07) is 0. The van der Waals surface area contributed by atoms with Crippen molar-refractivity contribution < 1.29 is 0 Å². The van der Waals surface area contributed by atoms with Crippen LogP contribution in [0.3, 0.4) is 0 Å². The average molecular weight is 229 g/mol. The van der Waals surface area contributed by atoms with Crippen molar-refractivity contribution in [2.45, 2.75) is 70.9 Å². The summed E-state index contributed by atoms with van der Waals surface area (Å²) < 4.78 is 0. The maximum atomic E-state index is 2.67. The zero-order valence-electron chi connectivity index (χ0n) is 11.1. The first-order chi connectivity index (χ1) is 7.23. The third-order valence-corrected chi connectivity index (χ3v) is 9.39. The van der Waals surface area contributed by atoms with E-state index in [1.807, 2.05) is 0 Å². The van der Waals surface area contributed by atoms with E-state index in [9.17, 15) is 0 Å². The van der Waals surface area contributed by atoms with Crippen molar-refractivity contribution in [2.24, 2.45) is 0 Å². The lowest BCUT2D eigenvalue weighted by Gasteiger charge is -2.34. The molecule has 15 heavy (non-hydrogen) atoms. The van der Waals surface area contributed by atoms with Gasteiger partial charge in [0.05, 0.1) is 18.0 Å². The van der Waals surface area contributed by atoms with Crippen LogP contribution in [0.2, 0.25) is 0 Å². The Morgan fingerprint density at radius 2 is 1.67 bits per heavy atom. The van der Waals surface area contributed by atoms with E-state index in [4.69, 9.17) is 0 Å². The Morgan fingerprint density at radius 1 is 1.00 bits per heavy atom. The van der Waals surface area contributed by atoms with Crippen molar-refractivity contribution in [1.82, 2.24) is 0 Å². The van der Waals surface area contributed by atoms with Gasteiger partial charge in [-0.25, -0.2) is 0 Å². The number of hydrogen-bond acceptors (Lipinski definition) is 0. The minimum atomic E-state index is -0.514. The van der Waals surface area contributed by atoms with E-state index < -0.39 is 7.26 Å². The zero-order valence-corrected chi connectivity index (χ0v) is 12.0. The molecule has 0 aromatic heterocycles. The molecule has 0 bridgehead atoms. The zero-order chi connectivity index (χ0) is 11.1. The second-order valence-corrected chi connectivity index (χ2v) is 10.1. The lowest BCUT2D eigenvalue weighted by atomic mass is 10.1. The van der Waals surface area contributed by atoms with Gasteiger partial charge < -0.3 is 0 Å². The molecule has 1 atom stereocenters. The molecule has 1 aliphatic rings. The molecule has 1 saturated heterocycles. The molecule has 0 saturated carbocycles. The summed E-state index contributed by atoms with van der Waals surface area (Å²) in [5, 5.41) is 0. The molecule has 0 aliphatic carbocycles. The Morgan fingerprint density at radius 3 is 2.20 bits per heavy atom. The topological polar surface area (TPSA) is 0 Å². The lowest BCUT2D eigenvalue weighted by molar-refractivity contribution is 0.617. The van der Waals surface area contributed by atoms with E-state index in [0.29, 0.717) is 0 Å². The normalized spacial score (nSPS) is 22.6. The molecule has 0 nitrogen and oxygen atoms in total. The molecule has 0 radical (unpaired) electrons. The van der Waals surface area contributed by atoms with Crippen molar-refractivity contribution in [2.75, 3.05) is 19.0 Å². The van der Waals surface area contributed by atoms with Crippen LogP contribution in [0.5, 0.6) is 0 Å². The molecular formula is C14H30P+. The van der Waals surface area contributed by atoms with Gasteiger partial charge >= 0.3 is 0 Å². The molecule has 1 fully saturated rings. The quantitative estimate of drug-likeness (QED) is 0.435. The Balaban J connectivity index is 2.40. The van der Waals surface area contributed by atoms with Gasteiger partial charge in [-0.05, 0) is 38.5 Å². The molecule has 1 heteroatoms. The average Bonchev–Trinajstić information content (AvgIpc) is 2.25. The van der Waals surface area contributed by atoms with E-state index in [1.165, 1.54) is 51.4 Å². The Kier molecular flexibility index (Phi) is 6.20. The monoisotopic (exact) mass is 229 g/mol. The molecule has 1 unspecified atom stereocenters. The molecule has 1 aliphatic heterocycles. The van der Waals surface area contributed by atoms with Gasteiger partial charge in [0.15, 0.2) is 0 Å². The molecule has 0 aromatic rings. The van der Waals surface area contributed by atoms with Crippen molar-refractivity contribution in [1.29, 1.82) is 0 Å². The van der Waals surface area contributed by atoms with Crippen LogP contribution in [0, 0.1) is 0 Å². The first-order valence-electron chi connectivity index (χ1n) is 7.07. The van der Waals surface area contributed by atoms with Crippen molar-refractivity contribution in [3.8, 4) is 0 Å². The Bertz CT molecular complexity index is 159. The second-order valence-electron chi connectivity index (χ2n) is 5.55. The number of hydrogen-bond donors (Lipinski definition) is 0. The molecule has 0 aromatic carbocycles. The molecular weight excluding hydrogens is 199 g/mol. The summed E-state index contributed by atoms with van der Waals surface area (Å²) in [6.45, 7) is 7.42. The fourth-order valence-corrected chi connectivity index (χ4v) is 7.72. The standard InChI is InChI=1S/C14H30P/c1-4-6-8-11-14(5-2)15(3)12-9-7-10-13-15/h14H,4-13H2,1-3H3/q+1. The van der Waals surface area contributed by atoms with Crippen LogP contribution in [0.15, 0.2) is 0 Å². The molecule has 90 valence electrons. The molecule has 0 amide bonds. The van der Waals surface area contributed by atoms with Gasteiger partial charge in [-0.3, -0.25) is 0 Å². The van der Waals surface area contributed by atoms with Crippen LogP contribution in [0.25, 0.3) is 0 Å². The van der Waals surface area contributed by atoms with Crippen molar-refractivity contribution in [3.63, 3.8) is 0 Å². The highest BCUT2D eigenvalue weighted by molar-refractivity contribution is 7.75. The third-order valence-electron chi connectivity index (χ3n) is 4.33. The summed E-state index contributed by atoms with van der Waals surface area (Å²) >= 11 is 0. The van der Waals surface area contributed by atoms with Crippen LogP contribution in [0.4, 0.5) is 0 Å². The fraction of sp³-hybridized carbons (Fsp3) is 1.00. The molecule has 0 N–H and O–H groups in total. The first kappa shape index (κ1) is 13.5. The summed E-state index contributed by atoms with van der Waals surface area (Å²) in [7, 11) is -0.514. The van der Waals surface area contributed by atoms with Gasteiger partial charge in [0.1, 0.15) is 0 Å². The number of rotatable bonds is 6. The van der Waals surface area contributed by atoms with Crippen LogP contribution in [-0.4, -0.2) is 24.6 Å². The van der Waals surface area contributed by atoms with E-state index >= 15 is 0 Å². The fourth-order valence-electron chi connectivity index (χ4n) is 3.19. The predicted octanol–water partition coefficient (Wildman–Crippen LogP) is 5.18. The maximum absolute atomic E-state index is 2.67. The van der Waals surface area contributed by atoms with E-state index in [2.05, 4.69) is 20.5 Å². The summed E-state index contributed by atoms with van der Waals surface area (Å²) in [5.41, 5.74) is 1.12. The van der Waals surface area contributed by atoms with E-state index in [1.54, 1.807) is 12.3 Å². The van der Waals surface area contributed by atoms with Gasteiger partial charge in [0, 0.05) is 13.9 Å². The van der Waals surface area contributed by atoms with Crippen LogP contribution < -0.4 is 0 Å². The second kappa shape index (κ2) is 6.89. The van der Waals surface area contributed by atoms with Crippen LogP contribution in [-0.2, 0) is 0 Å². The highest BCUT2D eigenvalue weighted by Crippen LogP contribution is 2.64. The van der Waals surface area contributed by atoms with Crippen molar-refractivity contribution in [3.05, 3.63) is 0 Å².